The average molecular weight is 341 g/mol. The van der Waals surface area contributed by atoms with E-state index in [2.05, 4.69) is 10.0 Å². The number of amides is 1. The number of hydrogen-bond donors (Lipinski definition) is 2. The molecule has 1 fully saturated rings. The van der Waals surface area contributed by atoms with E-state index in [4.69, 9.17) is 0 Å². The van der Waals surface area contributed by atoms with Crippen LogP contribution in [-0.2, 0) is 21.2 Å². The van der Waals surface area contributed by atoms with Crippen molar-refractivity contribution in [1.82, 2.24) is 10.0 Å². The minimum Gasteiger partial charge on any atom is -0.312 e. The van der Waals surface area contributed by atoms with Crippen molar-refractivity contribution in [1.29, 1.82) is 0 Å². The number of benzene rings is 1. The van der Waals surface area contributed by atoms with Gasteiger partial charge in [-0.15, -0.1) is 0 Å². The van der Waals surface area contributed by atoms with Gasteiger partial charge in [0.1, 0.15) is 6.17 Å². The first kappa shape index (κ1) is 16.4. The first-order valence-corrected chi connectivity index (χ1v) is 9.13. The molecule has 0 unspecified atom stereocenters. The van der Waals surface area contributed by atoms with Crippen LogP contribution in [0, 0.1) is 0 Å². The average Bonchev–Trinajstić information content (AvgIpc) is 3.10. The second-order valence-electron chi connectivity index (χ2n) is 6.00. The number of carbonyl (C=O) groups is 1. The van der Waals surface area contributed by atoms with Crippen molar-refractivity contribution in [3.63, 3.8) is 0 Å². The number of rotatable bonds is 4. The number of halogens is 1. The van der Waals surface area contributed by atoms with E-state index in [1.807, 2.05) is 0 Å². The molecule has 0 saturated carbocycles. The highest BCUT2D eigenvalue weighted by Crippen LogP contribution is 2.30. The number of hydrogen-bond acceptors (Lipinski definition) is 4. The summed E-state index contributed by atoms with van der Waals surface area (Å²) in [6.07, 6.45) is 0.116. The zero-order valence-corrected chi connectivity index (χ0v) is 13.7. The van der Waals surface area contributed by atoms with Gasteiger partial charge in [-0.25, -0.2) is 17.5 Å². The highest BCUT2D eigenvalue weighted by molar-refractivity contribution is 7.89. The van der Waals surface area contributed by atoms with Gasteiger partial charge in [0.2, 0.25) is 15.9 Å². The summed E-state index contributed by atoms with van der Waals surface area (Å²) < 4.78 is 40.4. The first-order valence-electron chi connectivity index (χ1n) is 7.65. The predicted molar refractivity (Wildman–Crippen MR) is 84.7 cm³/mol. The van der Waals surface area contributed by atoms with Crippen molar-refractivity contribution < 1.29 is 17.6 Å². The molecule has 1 aromatic carbocycles. The van der Waals surface area contributed by atoms with Crippen LogP contribution in [0.15, 0.2) is 23.1 Å². The topological polar surface area (TPSA) is 78.5 Å². The standard InChI is InChI=1S/C15H20FN3O3S/c1-10(20)19-5-4-11-2-3-14(7-15(11)19)23(21,22)18-9-13-6-12(16)8-17-13/h2-3,7,12-13,17-18H,4-6,8-9H2,1H3/t12-,13-/m0/s1. The van der Waals surface area contributed by atoms with Crippen molar-refractivity contribution in [3.8, 4) is 0 Å². The first-order chi connectivity index (χ1) is 10.9. The lowest BCUT2D eigenvalue weighted by Gasteiger charge is -2.16. The van der Waals surface area contributed by atoms with Gasteiger partial charge in [0, 0.05) is 38.3 Å². The molecule has 0 aromatic heterocycles. The minimum atomic E-state index is -3.69. The quantitative estimate of drug-likeness (QED) is 0.839. The van der Waals surface area contributed by atoms with Crippen LogP contribution in [0.4, 0.5) is 10.1 Å². The van der Waals surface area contributed by atoms with E-state index in [0.29, 0.717) is 18.7 Å². The zero-order valence-electron chi connectivity index (χ0n) is 12.9. The van der Waals surface area contributed by atoms with E-state index in [0.717, 1.165) is 12.0 Å². The summed E-state index contributed by atoms with van der Waals surface area (Å²) >= 11 is 0. The van der Waals surface area contributed by atoms with Crippen molar-refractivity contribution in [2.75, 3.05) is 24.5 Å². The lowest BCUT2D eigenvalue weighted by molar-refractivity contribution is -0.116. The summed E-state index contributed by atoms with van der Waals surface area (Å²) in [7, 11) is -3.69. The molecule has 2 aliphatic rings. The Bertz CT molecular complexity index is 723. The molecule has 2 N–H and O–H groups in total. The Kier molecular flexibility index (Phi) is 4.39. The van der Waals surface area contributed by atoms with Crippen molar-refractivity contribution >= 4 is 21.6 Å². The lowest BCUT2D eigenvalue weighted by Crippen LogP contribution is -2.37. The molecule has 2 atom stereocenters. The Labute approximate surface area is 135 Å². The molecule has 2 heterocycles. The monoisotopic (exact) mass is 341 g/mol. The number of nitrogens with one attached hydrogen (secondary N) is 2. The second kappa shape index (κ2) is 6.18. The molecule has 2 aliphatic heterocycles. The van der Waals surface area contributed by atoms with E-state index < -0.39 is 16.2 Å². The molecule has 8 heteroatoms. The SMILES string of the molecule is CC(=O)N1CCc2ccc(S(=O)(=O)NC[C@@H]3C[C@H](F)CN3)cc21. The Balaban J connectivity index is 1.75. The second-order valence-corrected chi connectivity index (χ2v) is 7.77. The van der Waals surface area contributed by atoms with Gasteiger partial charge in [-0.3, -0.25) is 4.79 Å². The predicted octanol–water partition coefficient (Wildman–Crippen LogP) is 0.574. The maximum Gasteiger partial charge on any atom is 0.240 e. The summed E-state index contributed by atoms with van der Waals surface area (Å²) in [6.45, 7) is 2.45. The summed E-state index contributed by atoms with van der Waals surface area (Å²) in [5.74, 6) is -0.101. The summed E-state index contributed by atoms with van der Waals surface area (Å²) in [5, 5.41) is 2.94. The summed E-state index contributed by atoms with van der Waals surface area (Å²) in [4.78, 5) is 13.3. The van der Waals surface area contributed by atoms with E-state index in [-0.39, 0.29) is 29.9 Å². The van der Waals surface area contributed by atoms with Gasteiger partial charge >= 0.3 is 0 Å². The fourth-order valence-corrected chi connectivity index (χ4v) is 4.17. The Morgan fingerprint density at radius 2 is 2.26 bits per heavy atom. The van der Waals surface area contributed by atoms with Crippen molar-refractivity contribution in [2.24, 2.45) is 0 Å². The van der Waals surface area contributed by atoms with Crippen LogP contribution in [0.3, 0.4) is 0 Å². The number of anilines is 1. The largest absolute Gasteiger partial charge is 0.312 e. The molecule has 1 amide bonds. The molecule has 0 bridgehead atoms. The van der Waals surface area contributed by atoms with Crippen molar-refractivity contribution in [2.45, 2.75) is 36.9 Å². The fraction of sp³-hybridized carbons (Fsp3) is 0.533. The van der Waals surface area contributed by atoms with Crippen LogP contribution in [0.1, 0.15) is 18.9 Å². The zero-order chi connectivity index (χ0) is 16.6. The van der Waals surface area contributed by atoms with Crippen LogP contribution in [0.2, 0.25) is 0 Å². The summed E-state index contributed by atoms with van der Waals surface area (Å²) in [6, 6.07) is 4.64. The van der Waals surface area contributed by atoms with Gasteiger partial charge < -0.3 is 10.2 Å². The van der Waals surface area contributed by atoms with E-state index in [1.165, 1.54) is 13.0 Å². The van der Waals surface area contributed by atoms with Crippen molar-refractivity contribution in [3.05, 3.63) is 23.8 Å². The third kappa shape index (κ3) is 3.39. The normalized spacial score (nSPS) is 24.0. The number of carbonyl (C=O) groups excluding carboxylic acids is 1. The molecule has 6 nitrogen and oxygen atoms in total. The highest BCUT2D eigenvalue weighted by atomic mass is 32.2. The van der Waals surface area contributed by atoms with Crippen LogP contribution in [-0.4, -0.2) is 46.2 Å². The molecule has 0 radical (unpaired) electrons. The Morgan fingerprint density at radius 3 is 2.91 bits per heavy atom. The number of sulfonamides is 1. The smallest absolute Gasteiger partial charge is 0.240 e. The molecular weight excluding hydrogens is 321 g/mol. The van der Waals surface area contributed by atoms with Gasteiger partial charge in [-0.05, 0) is 30.5 Å². The third-order valence-electron chi connectivity index (χ3n) is 4.33. The van der Waals surface area contributed by atoms with E-state index in [1.54, 1.807) is 17.0 Å². The molecule has 1 saturated heterocycles. The van der Waals surface area contributed by atoms with Crippen LogP contribution in [0.25, 0.3) is 0 Å². The Morgan fingerprint density at radius 1 is 1.48 bits per heavy atom. The van der Waals surface area contributed by atoms with Gasteiger partial charge in [0.15, 0.2) is 0 Å². The minimum absolute atomic E-state index is 0.101. The molecule has 3 rings (SSSR count). The maximum atomic E-state index is 13.1. The van der Waals surface area contributed by atoms with Gasteiger partial charge in [0.05, 0.1) is 4.90 Å². The third-order valence-corrected chi connectivity index (χ3v) is 5.75. The molecule has 126 valence electrons. The lowest BCUT2D eigenvalue weighted by atomic mass is 10.2. The molecule has 0 spiro atoms. The highest BCUT2D eigenvalue weighted by Gasteiger charge is 2.27. The van der Waals surface area contributed by atoms with Gasteiger partial charge in [-0.2, -0.15) is 0 Å². The Hall–Kier alpha value is -1.51. The van der Waals surface area contributed by atoms with Crippen LogP contribution in [0.5, 0.6) is 0 Å². The molecule has 1 aromatic rings. The van der Waals surface area contributed by atoms with Gasteiger partial charge in [0.25, 0.3) is 0 Å². The fourth-order valence-electron chi connectivity index (χ4n) is 3.07. The number of alkyl halides is 1. The number of fused-ring (bicyclic) bond motifs is 1. The molecule has 0 aliphatic carbocycles. The van der Waals surface area contributed by atoms with Crippen LogP contribution >= 0.6 is 0 Å². The maximum absolute atomic E-state index is 13.1. The molecular formula is C15H20FN3O3S. The number of nitrogens with zero attached hydrogens (tertiary/aromatic N) is 1. The van der Waals surface area contributed by atoms with Crippen LogP contribution < -0.4 is 14.9 Å². The van der Waals surface area contributed by atoms with E-state index >= 15 is 0 Å². The van der Waals surface area contributed by atoms with E-state index in [9.17, 15) is 17.6 Å². The summed E-state index contributed by atoms with van der Waals surface area (Å²) in [5.41, 5.74) is 1.63. The van der Waals surface area contributed by atoms with Gasteiger partial charge in [-0.1, -0.05) is 6.07 Å². The molecule has 23 heavy (non-hydrogen) atoms.